The van der Waals surface area contributed by atoms with Gasteiger partial charge in [-0.25, -0.2) is 9.59 Å². The van der Waals surface area contributed by atoms with Crippen molar-refractivity contribution in [3.63, 3.8) is 0 Å². The third-order valence-corrected chi connectivity index (χ3v) is 12.5. The molecule has 0 unspecified atom stereocenters. The topological polar surface area (TPSA) is 178 Å². The summed E-state index contributed by atoms with van der Waals surface area (Å²) >= 11 is 6.96. The van der Waals surface area contributed by atoms with Crippen LogP contribution in [0.1, 0.15) is 58.1 Å². The number of benzene rings is 1. The van der Waals surface area contributed by atoms with Crippen molar-refractivity contribution < 1.29 is 48.0 Å². The lowest BCUT2D eigenvalue weighted by Gasteiger charge is -2.29. The fourth-order valence-corrected chi connectivity index (χ4v) is 8.94. The number of hydrogen-bond acceptors (Lipinski definition) is 11. The van der Waals surface area contributed by atoms with Gasteiger partial charge in [0.15, 0.2) is 0 Å². The minimum Gasteiger partial charge on any atom is -0.491 e. The van der Waals surface area contributed by atoms with E-state index in [1.54, 1.807) is 26.2 Å². The molecular weight excluding hydrogens is 758 g/mol. The largest absolute Gasteiger partial charge is 0.491 e. The lowest BCUT2D eigenvalue weighted by atomic mass is 10.1. The number of morpholine rings is 1. The number of carboxylic acids is 1. The minimum atomic E-state index is -1.41. The first kappa shape index (κ1) is 41.0. The summed E-state index contributed by atoms with van der Waals surface area (Å²) in [5.41, 5.74) is 0.0645. The number of carboxylic acid groups (broad SMARTS) is 1. The van der Waals surface area contributed by atoms with Crippen LogP contribution in [0.5, 0.6) is 11.5 Å². The predicted molar refractivity (Wildman–Crippen MR) is 209 cm³/mol. The highest BCUT2D eigenvalue weighted by molar-refractivity contribution is 6.36. The lowest BCUT2D eigenvalue weighted by Crippen LogP contribution is -2.56. The van der Waals surface area contributed by atoms with E-state index in [1.807, 2.05) is 13.0 Å². The molecule has 1 aromatic heterocycles. The number of pyridine rings is 1. The van der Waals surface area contributed by atoms with Crippen molar-refractivity contribution in [1.29, 1.82) is 0 Å². The summed E-state index contributed by atoms with van der Waals surface area (Å²) in [5.74, 6) is -0.417. The Morgan fingerprint density at radius 1 is 1.09 bits per heavy atom. The van der Waals surface area contributed by atoms with Crippen LogP contribution in [0.2, 0.25) is 5.02 Å². The third kappa shape index (κ3) is 9.11. The second-order valence-electron chi connectivity index (χ2n) is 16.2. The number of rotatable bonds is 17. The van der Waals surface area contributed by atoms with Gasteiger partial charge in [0, 0.05) is 56.7 Å². The van der Waals surface area contributed by atoms with Gasteiger partial charge in [-0.1, -0.05) is 31.5 Å². The summed E-state index contributed by atoms with van der Waals surface area (Å²) in [6.07, 6.45) is 2.53. The van der Waals surface area contributed by atoms with Gasteiger partial charge < -0.3 is 44.3 Å². The average molecular weight is 812 g/mol. The van der Waals surface area contributed by atoms with Crippen LogP contribution >= 0.6 is 11.6 Å². The van der Waals surface area contributed by atoms with Crippen LogP contribution in [0.25, 0.3) is 10.9 Å². The molecule has 0 spiro atoms. The van der Waals surface area contributed by atoms with E-state index >= 15 is 0 Å². The van der Waals surface area contributed by atoms with Crippen molar-refractivity contribution in [2.24, 2.45) is 17.8 Å². The molecule has 3 amide bonds. The molecule has 2 saturated heterocycles. The van der Waals surface area contributed by atoms with E-state index in [2.05, 4.69) is 22.1 Å². The molecule has 3 N–H and O–H groups in total. The number of methoxy groups -OCH3 is 1. The Bertz CT molecular complexity index is 1860. The van der Waals surface area contributed by atoms with Gasteiger partial charge in [-0.05, 0) is 68.1 Å². The third-order valence-electron chi connectivity index (χ3n) is 12.2. The van der Waals surface area contributed by atoms with Crippen molar-refractivity contribution in [3.8, 4) is 11.5 Å². The molecule has 3 aliphatic carbocycles. The fourth-order valence-electron chi connectivity index (χ4n) is 8.68. The molecule has 2 aliphatic heterocycles. The summed E-state index contributed by atoms with van der Waals surface area (Å²) in [6.45, 7) is 12.0. The zero-order chi connectivity index (χ0) is 40.4. The molecule has 16 heteroatoms. The van der Waals surface area contributed by atoms with E-state index in [-0.39, 0.29) is 25.0 Å². The van der Waals surface area contributed by atoms with Gasteiger partial charge in [-0.3, -0.25) is 19.5 Å². The number of ether oxygens (including phenoxy) is 5. The Balaban J connectivity index is 1.13. The van der Waals surface area contributed by atoms with E-state index in [1.165, 1.54) is 11.3 Å². The molecule has 0 radical (unpaired) electrons. The van der Waals surface area contributed by atoms with E-state index in [4.69, 9.17) is 40.3 Å². The van der Waals surface area contributed by atoms with E-state index in [0.29, 0.717) is 96.2 Å². The molecule has 2 aromatic rings. The summed E-state index contributed by atoms with van der Waals surface area (Å²) in [4.78, 5) is 62.4. The standard InChI is InChI=1S/C41H54ClN5O10/c1-5-26-21-41(26,39(50)51)45-37(48)31-20-29(22-47(31)38(49)35(23(2)3)44-40(52)57-28-17-24-16-25(24)18-28)56-33-19-27(8-12-53-4)43-36-30(33)6-7-32(34(36)42)55-15-11-46-9-13-54-14-10-46/h6-7,19,24-26,28-29,31,35H,2,5,8-18,20-22H2,1,3-4H3,(H,44,52)(H,45,48)(H,50,51)/t24-,25+,26-,28+,29-,31+,35+,41-/m1/s1. The van der Waals surface area contributed by atoms with E-state index in [9.17, 15) is 24.3 Å². The molecule has 7 rings (SSSR count). The van der Waals surface area contributed by atoms with Gasteiger partial charge in [0.2, 0.25) is 11.8 Å². The molecule has 0 bridgehead atoms. The van der Waals surface area contributed by atoms with Gasteiger partial charge in [0.1, 0.15) is 53.0 Å². The maximum Gasteiger partial charge on any atom is 0.408 e. The van der Waals surface area contributed by atoms with Crippen LogP contribution in [0, 0.1) is 17.8 Å². The number of hydrogen-bond donors (Lipinski definition) is 3. The van der Waals surface area contributed by atoms with Gasteiger partial charge in [0.05, 0.1) is 31.9 Å². The molecule has 57 heavy (non-hydrogen) atoms. The SMILES string of the molecule is C=C(C)[C@H](NC(=O)O[C@@H]1C[C@@H]2C[C@@H]2C1)C(=O)N1C[C@H](Oc2cc(CCOC)nc3c(Cl)c(OCCN4CCOCC4)ccc23)C[C@H]1C(=O)N[C@]1(C(=O)O)C[C@H]1CC. The highest BCUT2D eigenvalue weighted by atomic mass is 35.5. The number of carbonyl (C=O) groups is 4. The van der Waals surface area contributed by atoms with Gasteiger partial charge >= 0.3 is 12.1 Å². The number of aromatic nitrogens is 1. The van der Waals surface area contributed by atoms with Gasteiger partial charge in [-0.2, -0.15) is 0 Å². The quantitative estimate of drug-likeness (QED) is 0.196. The van der Waals surface area contributed by atoms with Crippen LogP contribution in [-0.2, 0) is 35.0 Å². The highest BCUT2D eigenvalue weighted by Gasteiger charge is 2.61. The van der Waals surface area contributed by atoms with Crippen molar-refractivity contribution in [2.75, 3.05) is 59.7 Å². The van der Waals surface area contributed by atoms with Crippen molar-refractivity contribution in [1.82, 2.24) is 25.4 Å². The summed E-state index contributed by atoms with van der Waals surface area (Å²) in [5, 5.41) is 16.5. The Morgan fingerprint density at radius 3 is 2.51 bits per heavy atom. The minimum absolute atomic E-state index is 0.0334. The Labute approximate surface area is 337 Å². The number of nitrogens with zero attached hydrogens (tertiary/aromatic N) is 3. The molecule has 8 atom stereocenters. The van der Waals surface area contributed by atoms with Crippen LogP contribution in [0.15, 0.2) is 30.4 Å². The first-order chi connectivity index (χ1) is 27.4. The Kier molecular flexibility index (Phi) is 12.5. The maximum absolute atomic E-state index is 14.4. The first-order valence-corrected chi connectivity index (χ1v) is 20.5. The van der Waals surface area contributed by atoms with Crippen molar-refractivity contribution in [2.45, 2.75) is 88.6 Å². The monoisotopic (exact) mass is 811 g/mol. The number of carbonyl (C=O) groups excluding carboxylic acids is 3. The molecule has 5 fully saturated rings. The Morgan fingerprint density at radius 2 is 1.84 bits per heavy atom. The molecular formula is C41H54ClN5O10. The normalized spacial score (nSPS) is 28.3. The van der Waals surface area contributed by atoms with E-state index in [0.717, 1.165) is 32.5 Å². The second kappa shape index (κ2) is 17.4. The molecule has 3 heterocycles. The fraction of sp³-hybridized carbons (Fsp3) is 0.634. The number of likely N-dealkylation sites (tertiary alicyclic amines) is 1. The molecule has 310 valence electrons. The van der Waals surface area contributed by atoms with E-state index < -0.39 is 47.6 Å². The van der Waals surface area contributed by atoms with Crippen molar-refractivity contribution in [3.05, 3.63) is 41.1 Å². The van der Waals surface area contributed by atoms with Crippen LogP contribution in [0.3, 0.4) is 0 Å². The average Bonchev–Trinajstić information content (AvgIpc) is 4.00. The van der Waals surface area contributed by atoms with Gasteiger partial charge in [0.25, 0.3) is 0 Å². The molecule has 5 aliphatic rings. The number of aliphatic carboxylic acids is 1. The first-order valence-electron chi connectivity index (χ1n) is 20.1. The smallest absolute Gasteiger partial charge is 0.408 e. The summed E-state index contributed by atoms with van der Waals surface area (Å²) < 4.78 is 29.2. The van der Waals surface area contributed by atoms with Crippen LogP contribution < -0.4 is 20.1 Å². The number of amides is 3. The second-order valence-corrected chi connectivity index (χ2v) is 16.5. The van der Waals surface area contributed by atoms with Gasteiger partial charge in [-0.15, -0.1) is 0 Å². The molecule has 15 nitrogen and oxygen atoms in total. The summed E-state index contributed by atoms with van der Waals surface area (Å²) in [6, 6.07) is 3.10. The number of halogens is 1. The predicted octanol–water partition coefficient (Wildman–Crippen LogP) is 3.98. The summed E-state index contributed by atoms with van der Waals surface area (Å²) in [7, 11) is 1.60. The van der Waals surface area contributed by atoms with Crippen molar-refractivity contribution >= 4 is 46.4 Å². The van der Waals surface area contributed by atoms with Crippen LogP contribution in [0.4, 0.5) is 4.79 Å². The number of fused-ring (bicyclic) bond motifs is 2. The number of alkyl carbamates (subject to hydrolysis) is 1. The van der Waals surface area contributed by atoms with Crippen LogP contribution in [-0.4, -0.2) is 133 Å². The zero-order valence-electron chi connectivity index (χ0n) is 32.9. The zero-order valence-corrected chi connectivity index (χ0v) is 33.7. The number of nitrogens with one attached hydrogen (secondary N) is 2. The highest BCUT2D eigenvalue weighted by Crippen LogP contribution is 2.52. The Hall–Kier alpha value is -4.18. The lowest BCUT2D eigenvalue weighted by molar-refractivity contribution is -0.145. The molecule has 1 aromatic carbocycles. The maximum atomic E-state index is 14.4. The molecule has 3 saturated carbocycles.